The van der Waals surface area contributed by atoms with Gasteiger partial charge in [0.05, 0.1) is 21.7 Å². The van der Waals surface area contributed by atoms with Gasteiger partial charge < -0.3 is 10.7 Å². The van der Waals surface area contributed by atoms with Crippen LogP contribution in [0.4, 0.5) is 5.69 Å². The number of anilines is 1. The maximum Gasteiger partial charge on any atom is 0.140 e. The number of hydrogen-bond acceptors (Lipinski definition) is 2. The van der Waals surface area contributed by atoms with E-state index >= 15 is 0 Å². The average Bonchev–Trinajstić information content (AvgIpc) is 2.76. The normalized spacial score (nSPS) is 11.1. The molecule has 19 heavy (non-hydrogen) atoms. The molecule has 3 rings (SSSR count). The molecule has 96 valence electrons. The van der Waals surface area contributed by atoms with Gasteiger partial charge in [-0.2, -0.15) is 0 Å². The van der Waals surface area contributed by atoms with Crippen molar-refractivity contribution in [3.05, 3.63) is 45.4 Å². The monoisotopic (exact) mass is 335 g/mol. The van der Waals surface area contributed by atoms with Crippen LogP contribution in [0, 0.1) is 6.92 Å². The lowest BCUT2D eigenvalue weighted by molar-refractivity contribution is 1.33. The number of H-pyrrole nitrogens is 1. The van der Waals surface area contributed by atoms with Gasteiger partial charge in [0.15, 0.2) is 0 Å². The second kappa shape index (κ2) is 4.54. The number of aromatic nitrogens is 2. The largest absolute Gasteiger partial charge is 0.397 e. The van der Waals surface area contributed by atoms with E-state index in [4.69, 9.17) is 17.3 Å². The van der Waals surface area contributed by atoms with Crippen molar-refractivity contribution in [2.45, 2.75) is 6.92 Å². The zero-order valence-corrected chi connectivity index (χ0v) is 12.5. The number of hydrogen-bond donors (Lipinski definition) is 2. The molecule has 0 unspecified atom stereocenters. The van der Waals surface area contributed by atoms with Crippen LogP contribution >= 0.6 is 27.5 Å². The minimum atomic E-state index is 0.538. The smallest absolute Gasteiger partial charge is 0.140 e. The number of para-hydroxylation sites is 1. The van der Waals surface area contributed by atoms with Crippen molar-refractivity contribution >= 4 is 44.3 Å². The van der Waals surface area contributed by atoms with Crippen LogP contribution in [0.1, 0.15) is 5.56 Å². The fourth-order valence-corrected chi connectivity index (χ4v) is 2.86. The number of imidazole rings is 1. The first kappa shape index (κ1) is 12.5. The number of halogens is 2. The summed E-state index contributed by atoms with van der Waals surface area (Å²) in [6.45, 7) is 2.03. The quantitative estimate of drug-likeness (QED) is 0.641. The molecule has 3 N–H and O–H groups in total. The van der Waals surface area contributed by atoms with Gasteiger partial charge in [-0.3, -0.25) is 0 Å². The number of aromatic amines is 1. The van der Waals surface area contributed by atoms with Crippen molar-refractivity contribution < 1.29 is 0 Å². The first-order chi connectivity index (χ1) is 9.06. The van der Waals surface area contributed by atoms with Gasteiger partial charge in [0.25, 0.3) is 0 Å². The first-order valence-electron chi connectivity index (χ1n) is 5.76. The minimum absolute atomic E-state index is 0.538. The molecular formula is C14H11BrClN3. The van der Waals surface area contributed by atoms with Crippen LogP contribution < -0.4 is 5.73 Å². The van der Waals surface area contributed by atoms with E-state index in [-0.39, 0.29) is 0 Å². The highest BCUT2D eigenvalue weighted by Gasteiger charge is 2.11. The first-order valence-corrected chi connectivity index (χ1v) is 6.93. The van der Waals surface area contributed by atoms with Crippen molar-refractivity contribution in [2.24, 2.45) is 0 Å². The molecule has 5 heteroatoms. The van der Waals surface area contributed by atoms with Crippen LogP contribution in [0.25, 0.3) is 22.4 Å². The zero-order chi connectivity index (χ0) is 13.6. The van der Waals surface area contributed by atoms with Gasteiger partial charge in [-0.15, -0.1) is 0 Å². The molecule has 0 fully saturated rings. The number of benzene rings is 2. The Bertz CT molecular complexity index is 780. The lowest BCUT2D eigenvalue weighted by atomic mass is 10.2. The zero-order valence-electron chi connectivity index (χ0n) is 10.2. The van der Waals surface area contributed by atoms with Gasteiger partial charge in [0.1, 0.15) is 5.82 Å². The van der Waals surface area contributed by atoms with Gasteiger partial charge in [-0.25, -0.2) is 4.98 Å². The van der Waals surface area contributed by atoms with Crippen LogP contribution in [0.3, 0.4) is 0 Å². The maximum atomic E-state index is 6.04. The van der Waals surface area contributed by atoms with E-state index in [2.05, 4.69) is 25.9 Å². The Morgan fingerprint density at radius 2 is 2.11 bits per heavy atom. The van der Waals surface area contributed by atoms with E-state index in [9.17, 15) is 0 Å². The molecule has 0 aliphatic carbocycles. The predicted molar refractivity (Wildman–Crippen MR) is 83.4 cm³/mol. The third-order valence-corrected chi connectivity index (χ3v) is 3.84. The molecule has 3 nitrogen and oxygen atoms in total. The van der Waals surface area contributed by atoms with Crippen molar-refractivity contribution in [2.75, 3.05) is 5.73 Å². The van der Waals surface area contributed by atoms with Crippen LogP contribution in [0.5, 0.6) is 0 Å². The van der Waals surface area contributed by atoms with Crippen molar-refractivity contribution in [3.63, 3.8) is 0 Å². The van der Waals surface area contributed by atoms with E-state index in [1.165, 1.54) is 0 Å². The minimum Gasteiger partial charge on any atom is -0.397 e. The lowest BCUT2D eigenvalue weighted by Crippen LogP contribution is -1.92. The molecule has 0 atom stereocenters. The fraction of sp³-hybridized carbons (Fsp3) is 0.0714. The molecule has 0 aliphatic heterocycles. The average molecular weight is 337 g/mol. The summed E-state index contributed by atoms with van der Waals surface area (Å²) < 4.78 is 1.02. The fourth-order valence-electron chi connectivity index (χ4n) is 2.12. The molecule has 0 aliphatic rings. The molecule has 0 bridgehead atoms. The molecular weight excluding hydrogens is 326 g/mol. The molecule has 2 aromatic carbocycles. The Kier molecular flexibility index (Phi) is 2.99. The Morgan fingerprint density at radius 3 is 2.89 bits per heavy atom. The summed E-state index contributed by atoms with van der Waals surface area (Å²) in [4.78, 5) is 7.89. The maximum absolute atomic E-state index is 6.04. The molecule has 0 saturated heterocycles. The van der Waals surface area contributed by atoms with Gasteiger partial charge in [-0.05, 0) is 36.8 Å². The van der Waals surface area contributed by atoms with E-state index in [1.54, 1.807) is 6.07 Å². The van der Waals surface area contributed by atoms with Crippen LogP contribution in [-0.4, -0.2) is 9.97 Å². The number of fused-ring (bicyclic) bond motifs is 1. The van der Waals surface area contributed by atoms with Crippen LogP contribution in [0.15, 0.2) is 34.8 Å². The number of nitrogens with one attached hydrogen (secondary N) is 1. The summed E-state index contributed by atoms with van der Waals surface area (Å²) in [5.74, 6) is 0.733. The second-order valence-electron chi connectivity index (χ2n) is 4.41. The van der Waals surface area contributed by atoms with Gasteiger partial charge in [0, 0.05) is 10.0 Å². The summed E-state index contributed by atoms with van der Waals surface area (Å²) in [6.07, 6.45) is 0. The van der Waals surface area contributed by atoms with Crippen LogP contribution in [0.2, 0.25) is 5.02 Å². The van der Waals surface area contributed by atoms with Gasteiger partial charge in [-0.1, -0.05) is 33.6 Å². The van der Waals surface area contributed by atoms with E-state index in [1.807, 2.05) is 31.2 Å². The molecule has 0 saturated carbocycles. The summed E-state index contributed by atoms with van der Waals surface area (Å²) in [6, 6.07) is 9.58. The highest BCUT2D eigenvalue weighted by Crippen LogP contribution is 2.32. The van der Waals surface area contributed by atoms with Crippen LogP contribution in [-0.2, 0) is 0 Å². The summed E-state index contributed by atoms with van der Waals surface area (Å²) >= 11 is 9.53. The second-order valence-corrected chi connectivity index (χ2v) is 5.73. The number of nitrogen functional groups attached to an aromatic ring is 1. The molecule has 3 aromatic rings. The van der Waals surface area contributed by atoms with Crippen molar-refractivity contribution in [1.82, 2.24) is 9.97 Å². The van der Waals surface area contributed by atoms with E-state index < -0.39 is 0 Å². The molecule has 0 spiro atoms. The Hall–Kier alpha value is -1.52. The highest BCUT2D eigenvalue weighted by molar-refractivity contribution is 9.10. The third-order valence-electron chi connectivity index (χ3n) is 3.05. The number of rotatable bonds is 1. The lowest BCUT2D eigenvalue weighted by Gasteiger charge is -2.03. The predicted octanol–water partition coefficient (Wildman–Crippen LogP) is 4.54. The van der Waals surface area contributed by atoms with E-state index in [0.717, 1.165) is 32.5 Å². The number of aryl methyl sites for hydroxylation is 1. The summed E-state index contributed by atoms with van der Waals surface area (Å²) in [7, 11) is 0. The van der Waals surface area contributed by atoms with Crippen molar-refractivity contribution in [3.8, 4) is 11.4 Å². The summed E-state index contributed by atoms with van der Waals surface area (Å²) in [5, 5.41) is 0.538. The molecule has 0 radical (unpaired) electrons. The molecule has 1 aromatic heterocycles. The van der Waals surface area contributed by atoms with Gasteiger partial charge >= 0.3 is 0 Å². The SMILES string of the molecule is Cc1cc(Br)cc2[nH]c(-c3cccc(Cl)c3N)nc12. The topological polar surface area (TPSA) is 54.7 Å². The number of nitrogens with two attached hydrogens (primary N) is 1. The highest BCUT2D eigenvalue weighted by atomic mass is 79.9. The Labute approximate surface area is 123 Å². The summed E-state index contributed by atoms with van der Waals surface area (Å²) in [5.41, 5.74) is 10.4. The Balaban J connectivity index is 2.26. The van der Waals surface area contributed by atoms with Gasteiger partial charge in [0.2, 0.25) is 0 Å². The number of nitrogens with zero attached hydrogens (tertiary/aromatic N) is 1. The van der Waals surface area contributed by atoms with E-state index in [0.29, 0.717) is 10.7 Å². The Morgan fingerprint density at radius 1 is 1.32 bits per heavy atom. The van der Waals surface area contributed by atoms with Crippen molar-refractivity contribution in [1.29, 1.82) is 0 Å². The molecule has 0 amide bonds. The standard InChI is InChI=1S/C14H11BrClN3/c1-7-5-8(15)6-11-13(7)19-14(18-11)9-3-2-4-10(16)12(9)17/h2-6H,17H2,1H3,(H,18,19). The third kappa shape index (κ3) is 2.11. The molecule has 1 heterocycles.